The molecule has 4 amide bonds. The highest BCUT2D eigenvalue weighted by Crippen LogP contribution is 2.32. The molecule has 10 heteroatoms. The maximum atomic E-state index is 13.3. The maximum Gasteiger partial charge on any atom is 0.276 e. The Morgan fingerprint density at radius 1 is 1.29 bits per heavy atom. The van der Waals surface area contributed by atoms with Crippen LogP contribution < -0.4 is 5.32 Å². The van der Waals surface area contributed by atoms with Crippen LogP contribution in [-0.2, 0) is 21.4 Å². The Labute approximate surface area is 181 Å². The van der Waals surface area contributed by atoms with Crippen LogP contribution >= 0.6 is 0 Å². The minimum Gasteiger partial charge on any atom is -0.330 e. The van der Waals surface area contributed by atoms with Gasteiger partial charge >= 0.3 is 0 Å². The molecule has 170 valence electrons. The van der Waals surface area contributed by atoms with Crippen LogP contribution in [0.4, 0.5) is 0 Å². The normalized spacial score (nSPS) is 20.0. The highest BCUT2D eigenvalue weighted by atomic mass is 16.5. The molecule has 0 unspecified atom stereocenters. The third-order valence-electron chi connectivity index (χ3n) is 6.28. The first-order valence-electron chi connectivity index (χ1n) is 10.9. The van der Waals surface area contributed by atoms with Crippen molar-refractivity contribution in [3.63, 3.8) is 0 Å². The van der Waals surface area contributed by atoms with Crippen LogP contribution in [0.5, 0.6) is 0 Å². The fraction of sp³-hybridized carbons (Fsp3) is 0.667. The summed E-state index contributed by atoms with van der Waals surface area (Å²) in [7, 11) is 1.62. The van der Waals surface area contributed by atoms with Gasteiger partial charge in [0, 0.05) is 13.6 Å². The summed E-state index contributed by atoms with van der Waals surface area (Å²) in [6.07, 6.45) is 6.26. The van der Waals surface area contributed by atoms with Crippen molar-refractivity contribution in [2.24, 2.45) is 18.9 Å². The number of carbonyl (C=O) groups is 4. The van der Waals surface area contributed by atoms with Gasteiger partial charge in [0.1, 0.15) is 11.7 Å². The molecule has 1 aromatic heterocycles. The number of aromatic nitrogens is 2. The minimum atomic E-state index is -0.750. The molecule has 10 nitrogen and oxygen atoms in total. The number of nitrogens with zero attached hydrogens (tertiary/aromatic N) is 4. The zero-order valence-corrected chi connectivity index (χ0v) is 18.1. The van der Waals surface area contributed by atoms with Gasteiger partial charge in [-0.1, -0.05) is 25.7 Å². The van der Waals surface area contributed by atoms with E-state index >= 15 is 0 Å². The average Bonchev–Trinajstić information content (AvgIpc) is 3.47. The third kappa shape index (κ3) is 5.49. The largest absolute Gasteiger partial charge is 0.330 e. The Bertz CT molecular complexity index is 832. The first-order valence-corrected chi connectivity index (χ1v) is 10.9. The zero-order chi connectivity index (χ0) is 22.5. The molecule has 0 radical (unpaired) electrons. The molecule has 2 N–H and O–H groups in total. The number of hydrogen-bond donors (Lipinski definition) is 2. The molecular formula is C21H31N5O5. The van der Waals surface area contributed by atoms with Gasteiger partial charge in [0.2, 0.25) is 18.2 Å². The molecule has 1 aliphatic heterocycles. The molecule has 1 saturated heterocycles. The van der Waals surface area contributed by atoms with E-state index in [1.54, 1.807) is 20.0 Å². The third-order valence-corrected chi connectivity index (χ3v) is 6.28. The monoisotopic (exact) mass is 433 g/mol. The van der Waals surface area contributed by atoms with Gasteiger partial charge in [0.05, 0.1) is 18.2 Å². The van der Waals surface area contributed by atoms with Crippen LogP contribution in [0.1, 0.15) is 61.1 Å². The lowest BCUT2D eigenvalue weighted by atomic mass is 9.91. The van der Waals surface area contributed by atoms with E-state index in [4.69, 9.17) is 0 Å². The smallest absolute Gasteiger partial charge is 0.276 e. The number of amides is 4. The molecular weight excluding hydrogens is 402 g/mol. The van der Waals surface area contributed by atoms with Crippen LogP contribution in [0.15, 0.2) is 6.07 Å². The van der Waals surface area contributed by atoms with E-state index in [9.17, 15) is 24.4 Å². The Kier molecular flexibility index (Phi) is 7.42. The summed E-state index contributed by atoms with van der Waals surface area (Å²) >= 11 is 0. The summed E-state index contributed by atoms with van der Waals surface area (Å²) < 4.78 is 1.41. The van der Waals surface area contributed by atoms with Crippen molar-refractivity contribution < 1.29 is 24.4 Å². The Morgan fingerprint density at radius 2 is 2.00 bits per heavy atom. The fourth-order valence-electron chi connectivity index (χ4n) is 4.79. The first-order chi connectivity index (χ1) is 14.8. The van der Waals surface area contributed by atoms with E-state index in [1.807, 2.05) is 0 Å². The second kappa shape index (κ2) is 10.0. The second-order valence-corrected chi connectivity index (χ2v) is 8.61. The van der Waals surface area contributed by atoms with E-state index in [-0.39, 0.29) is 24.6 Å². The number of aryl methyl sites for hydroxylation is 2. The number of likely N-dealkylation sites (tertiary alicyclic amines) is 1. The summed E-state index contributed by atoms with van der Waals surface area (Å²) in [5.41, 5.74) is 0.930. The molecule has 1 saturated carbocycles. The highest BCUT2D eigenvalue weighted by Gasteiger charge is 2.39. The average molecular weight is 434 g/mol. The number of hydroxylamine groups is 2. The lowest BCUT2D eigenvalue weighted by molar-refractivity contribution is -0.158. The predicted molar refractivity (Wildman–Crippen MR) is 110 cm³/mol. The van der Waals surface area contributed by atoms with Gasteiger partial charge in [-0.3, -0.25) is 34.4 Å². The summed E-state index contributed by atoms with van der Waals surface area (Å²) in [6, 6.07) is 0.841. The molecule has 0 aromatic carbocycles. The highest BCUT2D eigenvalue weighted by molar-refractivity contribution is 6.06. The molecule has 2 heterocycles. The number of rotatable bonds is 8. The number of hydrogen-bond acceptors (Lipinski definition) is 6. The first kappa shape index (κ1) is 22.9. The summed E-state index contributed by atoms with van der Waals surface area (Å²) in [4.78, 5) is 51.1. The van der Waals surface area contributed by atoms with Crippen molar-refractivity contribution in [3.05, 3.63) is 17.5 Å². The molecule has 31 heavy (non-hydrogen) atoms. The SMILES string of the molecule is Cc1cc(C(=O)NC(=O)[C@@H]2CCCN2C(=O)[C@H](CC2CCCC2)CN(O)C=O)n(C)n1. The van der Waals surface area contributed by atoms with Gasteiger partial charge in [-0.25, -0.2) is 5.06 Å². The van der Waals surface area contributed by atoms with Gasteiger partial charge < -0.3 is 4.90 Å². The second-order valence-electron chi connectivity index (χ2n) is 8.61. The van der Waals surface area contributed by atoms with E-state index in [0.717, 1.165) is 25.7 Å². The van der Waals surface area contributed by atoms with Crippen molar-refractivity contribution in [2.45, 2.75) is 57.9 Å². The van der Waals surface area contributed by atoms with Crippen molar-refractivity contribution in [3.8, 4) is 0 Å². The molecule has 0 spiro atoms. The summed E-state index contributed by atoms with van der Waals surface area (Å²) in [5, 5.41) is 16.7. The molecule has 3 rings (SSSR count). The molecule has 2 fully saturated rings. The summed E-state index contributed by atoms with van der Waals surface area (Å²) in [5.74, 6) is -1.54. The molecule has 2 atom stereocenters. The zero-order valence-electron chi connectivity index (χ0n) is 18.1. The number of imide groups is 1. The van der Waals surface area contributed by atoms with E-state index < -0.39 is 23.8 Å². The Hall–Kier alpha value is -2.75. The Balaban J connectivity index is 1.69. The van der Waals surface area contributed by atoms with Gasteiger partial charge in [0.15, 0.2) is 0 Å². The lowest BCUT2D eigenvalue weighted by Gasteiger charge is -2.30. The van der Waals surface area contributed by atoms with Crippen LogP contribution in [0.2, 0.25) is 0 Å². The van der Waals surface area contributed by atoms with Crippen LogP contribution in [0, 0.1) is 18.8 Å². The maximum absolute atomic E-state index is 13.3. The summed E-state index contributed by atoms with van der Waals surface area (Å²) in [6.45, 7) is 2.06. The molecule has 1 aliphatic carbocycles. The molecule has 1 aromatic rings. The standard InChI is InChI=1S/C21H31N5O5/c1-14-10-18(24(2)23-14)20(29)22-19(28)17-8-5-9-26(17)21(30)16(12-25(31)13-27)11-15-6-3-4-7-15/h10,13,15-17,31H,3-9,11-12H2,1-2H3,(H,22,28,29)/t16-,17+/m1/s1. The van der Waals surface area contributed by atoms with Crippen LogP contribution in [0.25, 0.3) is 0 Å². The van der Waals surface area contributed by atoms with Crippen LogP contribution in [0.3, 0.4) is 0 Å². The van der Waals surface area contributed by atoms with Crippen molar-refractivity contribution in [1.29, 1.82) is 0 Å². The fourth-order valence-corrected chi connectivity index (χ4v) is 4.79. The topological polar surface area (TPSA) is 125 Å². The van der Waals surface area contributed by atoms with Crippen LogP contribution in [-0.4, -0.2) is 68.2 Å². The van der Waals surface area contributed by atoms with Gasteiger partial charge in [-0.15, -0.1) is 0 Å². The number of carbonyl (C=O) groups excluding carboxylic acids is 4. The van der Waals surface area contributed by atoms with Crippen molar-refractivity contribution in [1.82, 2.24) is 25.1 Å². The molecule has 2 aliphatic rings. The number of nitrogens with one attached hydrogen (secondary N) is 1. The van der Waals surface area contributed by atoms with E-state index in [0.29, 0.717) is 42.5 Å². The lowest BCUT2D eigenvalue weighted by Crippen LogP contribution is -2.50. The Morgan fingerprint density at radius 3 is 2.61 bits per heavy atom. The van der Waals surface area contributed by atoms with Crippen molar-refractivity contribution in [2.75, 3.05) is 13.1 Å². The van der Waals surface area contributed by atoms with E-state index in [1.165, 1.54) is 9.58 Å². The van der Waals surface area contributed by atoms with Crippen molar-refractivity contribution >= 4 is 24.1 Å². The minimum absolute atomic E-state index is 0.100. The van der Waals surface area contributed by atoms with Gasteiger partial charge in [-0.2, -0.15) is 5.10 Å². The predicted octanol–water partition coefficient (Wildman–Crippen LogP) is 1.02. The van der Waals surface area contributed by atoms with E-state index in [2.05, 4.69) is 10.4 Å². The van der Waals surface area contributed by atoms with Gasteiger partial charge in [0.25, 0.3) is 5.91 Å². The van der Waals surface area contributed by atoms with Gasteiger partial charge in [-0.05, 0) is 38.2 Å². The molecule has 0 bridgehead atoms. The quantitative estimate of drug-likeness (QED) is 0.273.